The second-order valence-electron chi connectivity index (χ2n) is 9.53. The lowest BCUT2D eigenvalue weighted by atomic mass is 10.1. The van der Waals surface area contributed by atoms with Crippen molar-refractivity contribution in [2.45, 2.75) is 53.4 Å². The molecular formula is C29H35BrN2O4. The van der Waals surface area contributed by atoms with Gasteiger partial charge in [-0.15, -0.1) is 0 Å². The highest BCUT2D eigenvalue weighted by molar-refractivity contribution is 9.10. The van der Waals surface area contributed by atoms with Crippen LogP contribution < -0.4 is 9.80 Å². The van der Waals surface area contributed by atoms with Gasteiger partial charge in [-0.05, 0) is 81.4 Å². The molecule has 0 saturated carbocycles. The van der Waals surface area contributed by atoms with Gasteiger partial charge in [-0.2, -0.15) is 0 Å². The molecule has 0 radical (unpaired) electrons. The minimum absolute atomic E-state index is 0.0711. The molecule has 3 rings (SSSR count). The molecule has 192 valence electrons. The lowest BCUT2D eigenvalue weighted by molar-refractivity contribution is 0.0990. The molecule has 1 heterocycles. The maximum Gasteiger partial charge on any atom is 0.260 e. The highest BCUT2D eigenvalue weighted by Crippen LogP contribution is 2.52. The molecule has 2 aromatic rings. The number of rotatable bonds is 8. The molecule has 1 amide bonds. The van der Waals surface area contributed by atoms with Crippen LogP contribution in [0.15, 0.2) is 63.7 Å². The summed E-state index contributed by atoms with van der Waals surface area (Å²) in [7, 11) is 1.67. The molecule has 0 atom stereocenters. The summed E-state index contributed by atoms with van der Waals surface area (Å²) in [6, 6.07) is 6.23. The number of aromatic hydroxyl groups is 3. The van der Waals surface area contributed by atoms with Gasteiger partial charge in [0.25, 0.3) is 5.91 Å². The van der Waals surface area contributed by atoms with Gasteiger partial charge < -0.3 is 25.1 Å². The number of halogens is 1. The SMILES string of the molecule is CC(C)=CCCC(C)=CCCC(C)=CCN1C(=O)c2cccc(O)c2N(C)c2c1cc(O)c(Br)c2O. The van der Waals surface area contributed by atoms with Crippen LogP contribution in [0.1, 0.15) is 63.7 Å². The van der Waals surface area contributed by atoms with Gasteiger partial charge in [0.1, 0.15) is 21.7 Å². The molecule has 36 heavy (non-hydrogen) atoms. The molecule has 2 aromatic carbocycles. The van der Waals surface area contributed by atoms with Crippen LogP contribution in [0.4, 0.5) is 17.1 Å². The molecule has 0 unspecified atom stereocenters. The highest BCUT2D eigenvalue weighted by Gasteiger charge is 2.34. The van der Waals surface area contributed by atoms with Crippen molar-refractivity contribution in [1.29, 1.82) is 0 Å². The van der Waals surface area contributed by atoms with E-state index in [-0.39, 0.29) is 34.2 Å². The zero-order chi connectivity index (χ0) is 26.6. The van der Waals surface area contributed by atoms with E-state index < -0.39 is 0 Å². The zero-order valence-corrected chi connectivity index (χ0v) is 23.2. The van der Waals surface area contributed by atoms with Crippen LogP contribution in [-0.2, 0) is 0 Å². The van der Waals surface area contributed by atoms with Crippen LogP contribution >= 0.6 is 15.9 Å². The molecule has 0 spiro atoms. The molecule has 1 aliphatic rings. The van der Waals surface area contributed by atoms with Gasteiger partial charge in [-0.25, -0.2) is 0 Å². The van der Waals surface area contributed by atoms with E-state index in [2.05, 4.69) is 48.9 Å². The smallest absolute Gasteiger partial charge is 0.260 e. The van der Waals surface area contributed by atoms with E-state index in [4.69, 9.17) is 0 Å². The average molecular weight is 556 g/mol. The Bertz CT molecular complexity index is 1240. The summed E-state index contributed by atoms with van der Waals surface area (Å²) in [5, 5.41) is 31.9. The fourth-order valence-electron chi connectivity index (χ4n) is 4.33. The molecule has 6 nitrogen and oxygen atoms in total. The molecular weight excluding hydrogens is 520 g/mol. The summed E-state index contributed by atoms with van der Waals surface area (Å²) in [6.07, 6.45) is 10.4. The highest BCUT2D eigenvalue weighted by atomic mass is 79.9. The Labute approximate surface area is 222 Å². The lowest BCUT2D eigenvalue weighted by Gasteiger charge is -2.26. The molecule has 0 aromatic heterocycles. The standard InChI is InChI=1S/C29H35BrN2O4/c1-18(2)9-6-10-19(3)11-7-12-20(4)15-16-32-22-17-24(34)25(30)28(35)27(22)31(5)26-21(29(32)36)13-8-14-23(26)33/h8-9,11,13-15,17,33-35H,6-7,10,12,16H2,1-5H3. The Balaban J connectivity index is 1.89. The third-order valence-electron chi connectivity index (χ3n) is 6.37. The molecule has 0 aliphatic carbocycles. The number of amides is 1. The van der Waals surface area contributed by atoms with Crippen LogP contribution in [0.3, 0.4) is 0 Å². The van der Waals surface area contributed by atoms with Gasteiger partial charge in [0, 0.05) is 19.7 Å². The van der Waals surface area contributed by atoms with E-state index in [1.54, 1.807) is 24.1 Å². The maximum atomic E-state index is 13.6. The van der Waals surface area contributed by atoms with E-state index in [1.165, 1.54) is 28.2 Å². The maximum absolute atomic E-state index is 13.6. The molecule has 7 heteroatoms. The van der Waals surface area contributed by atoms with Gasteiger partial charge >= 0.3 is 0 Å². The summed E-state index contributed by atoms with van der Waals surface area (Å²) >= 11 is 3.22. The summed E-state index contributed by atoms with van der Waals surface area (Å²) in [6.45, 7) is 8.68. The number of carbonyl (C=O) groups excluding carboxylic acids is 1. The minimum atomic E-state index is -0.327. The first-order valence-corrected chi connectivity index (χ1v) is 12.9. The molecule has 0 fully saturated rings. The predicted octanol–water partition coefficient (Wildman–Crippen LogP) is 7.71. The predicted molar refractivity (Wildman–Crippen MR) is 151 cm³/mol. The molecule has 1 aliphatic heterocycles. The van der Waals surface area contributed by atoms with Gasteiger partial charge in [-0.3, -0.25) is 4.79 Å². The normalized spacial score (nSPS) is 13.9. The van der Waals surface area contributed by atoms with Crippen LogP contribution in [-0.4, -0.2) is 34.8 Å². The largest absolute Gasteiger partial charge is 0.507 e. The summed E-state index contributed by atoms with van der Waals surface area (Å²) in [5.74, 6) is -0.789. The van der Waals surface area contributed by atoms with Crippen molar-refractivity contribution in [3.05, 3.63) is 69.2 Å². The molecule has 0 bridgehead atoms. The van der Waals surface area contributed by atoms with Crippen molar-refractivity contribution in [3.8, 4) is 17.2 Å². The quantitative estimate of drug-likeness (QED) is 0.291. The van der Waals surface area contributed by atoms with E-state index in [0.29, 0.717) is 22.6 Å². The number of para-hydroxylation sites is 1. The second-order valence-corrected chi connectivity index (χ2v) is 10.3. The average Bonchev–Trinajstić information content (AvgIpc) is 2.89. The monoisotopic (exact) mass is 554 g/mol. The number of anilines is 3. The van der Waals surface area contributed by atoms with Crippen LogP contribution in [0.2, 0.25) is 0 Å². The van der Waals surface area contributed by atoms with Crippen molar-refractivity contribution in [2.24, 2.45) is 0 Å². The topological polar surface area (TPSA) is 84.2 Å². The third-order valence-corrected chi connectivity index (χ3v) is 7.15. The van der Waals surface area contributed by atoms with Crippen molar-refractivity contribution < 1.29 is 20.1 Å². The van der Waals surface area contributed by atoms with Crippen molar-refractivity contribution >= 4 is 38.9 Å². The number of benzene rings is 2. The summed E-state index contributed by atoms with van der Waals surface area (Å²) in [4.78, 5) is 16.7. The van der Waals surface area contributed by atoms with E-state index in [1.807, 2.05) is 13.0 Å². The number of phenolic OH excluding ortho intramolecular Hbond substituents is 3. The number of hydrogen-bond acceptors (Lipinski definition) is 5. The Morgan fingerprint density at radius 3 is 2.22 bits per heavy atom. The summed E-state index contributed by atoms with van der Waals surface area (Å²) in [5.41, 5.74) is 5.12. The van der Waals surface area contributed by atoms with E-state index >= 15 is 0 Å². The number of fused-ring (bicyclic) bond motifs is 2. The third kappa shape index (κ3) is 5.95. The van der Waals surface area contributed by atoms with Crippen LogP contribution in [0.5, 0.6) is 17.2 Å². The van der Waals surface area contributed by atoms with Gasteiger partial charge in [0.2, 0.25) is 0 Å². The number of allylic oxidation sites excluding steroid dienone is 5. The number of nitrogens with zero attached hydrogens (tertiary/aromatic N) is 2. The summed E-state index contributed by atoms with van der Waals surface area (Å²) < 4.78 is 0.123. The lowest BCUT2D eigenvalue weighted by Crippen LogP contribution is -2.30. The van der Waals surface area contributed by atoms with Gasteiger partial charge in [0.05, 0.1) is 16.9 Å². The zero-order valence-electron chi connectivity index (χ0n) is 21.6. The Kier molecular flexibility index (Phi) is 8.90. The van der Waals surface area contributed by atoms with E-state index in [0.717, 1.165) is 31.3 Å². The molecule has 3 N–H and O–H groups in total. The Hall–Kier alpha value is -3.19. The van der Waals surface area contributed by atoms with Crippen LogP contribution in [0.25, 0.3) is 0 Å². The van der Waals surface area contributed by atoms with Crippen molar-refractivity contribution in [2.75, 3.05) is 23.4 Å². The van der Waals surface area contributed by atoms with Gasteiger partial charge in [0.15, 0.2) is 5.75 Å². The van der Waals surface area contributed by atoms with Crippen LogP contribution in [0, 0.1) is 0 Å². The number of carbonyl (C=O) groups is 1. The van der Waals surface area contributed by atoms with Gasteiger partial charge in [-0.1, -0.05) is 41.0 Å². The fourth-order valence-corrected chi connectivity index (χ4v) is 4.64. The second kappa shape index (κ2) is 11.7. The first-order valence-electron chi connectivity index (χ1n) is 12.1. The van der Waals surface area contributed by atoms with Crippen molar-refractivity contribution in [1.82, 2.24) is 0 Å². The molecule has 0 saturated heterocycles. The first kappa shape index (κ1) is 27.4. The number of hydrogen-bond donors (Lipinski definition) is 3. The fraction of sp³-hybridized carbons (Fsp3) is 0.345. The minimum Gasteiger partial charge on any atom is -0.507 e. The van der Waals surface area contributed by atoms with Crippen molar-refractivity contribution in [3.63, 3.8) is 0 Å². The first-order chi connectivity index (χ1) is 17.0. The number of phenols is 3. The Morgan fingerprint density at radius 2 is 1.56 bits per heavy atom. The Morgan fingerprint density at radius 1 is 0.917 bits per heavy atom. The van der Waals surface area contributed by atoms with E-state index in [9.17, 15) is 20.1 Å².